The Kier molecular flexibility index (Phi) is 13.5. The molecule has 0 saturated heterocycles. The third-order valence-corrected chi connectivity index (χ3v) is 5.61. The van der Waals surface area contributed by atoms with Gasteiger partial charge in [-0.1, -0.05) is 24.3 Å². The lowest BCUT2D eigenvalue weighted by atomic mass is 10.1. The van der Waals surface area contributed by atoms with Crippen molar-refractivity contribution in [3.63, 3.8) is 0 Å². The molecule has 0 aliphatic rings. The summed E-state index contributed by atoms with van der Waals surface area (Å²) in [7, 11) is 0. The van der Waals surface area contributed by atoms with Crippen LogP contribution in [0.3, 0.4) is 0 Å². The van der Waals surface area contributed by atoms with Crippen LogP contribution in [0.25, 0.3) is 0 Å². The molecule has 204 valence electrons. The van der Waals surface area contributed by atoms with Crippen LogP contribution in [-0.4, -0.2) is 22.9 Å². The molecule has 0 aliphatic heterocycles. The molecule has 3 nitrogen and oxygen atoms in total. The lowest BCUT2D eigenvalue weighted by molar-refractivity contribution is -0.115. The van der Waals surface area contributed by atoms with Crippen LogP contribution in [-0.2, 0) is 16.0 Å². The zero-order valence-corrected chi connectivity index (χ0v) is 22.5. The van der Waals surface area contributed by atoms with Gasteiger partial charge in [0.2, 0.25) is 11.1 Å². The molecule has 0 N–H and O–H groups in total. The fourth-order valence-electron chi connectivity index (χ4n) is 3.12. The molecule has 1 amide bonds. The first-order valence-corrected chi connectivity index (χ1v) is 12.7. The summed E-state index contributed by atoms with van der Waals surface area (Å²) in [5, 5.41) is -0.508. The number of nitrogens with zero attached hydrogens (tertiary/aromatic N) is 1. The zero-order valence-electron chi connectivity index (χ0n) is 20.3. The van der Waals surface area contributed by atoms with E-state index < -0.39 is 16.9 Å². The normalized spacial score (nSPS) is 9.92. The smallest absolute Gasteiger partial charge is 0.246 e. The largest absolute Gasteiger partial charge is 0.280 e. The number of rotatable bonds is 6. The van der Waals surface area contributed by atoms with Crippen LogP contribution < -0.4 is 4.90 Å². The van der Waals surface area contributed by atoms with Gasteiger partial charge in [-0.15, -0.1) is 23.2 Å². The van der Waals surface area contributed by atoms with Crippen molar-refractivity contribution in [2.24, 2.45) is 0 Å². The Morgan fingerprint density at radius 3 is 1.08 bits per heavy atom. The monoisotopic (exact) mass is 597 g/mol. The van der Waals surface area contributed by atoms with E-state index in [-0.39, 0.29) is 29.3 Å². The number of halogens is 7. The SMILES string of the molecule is Fc1ccc(Cc2ccc(F)cc2)cc1.O=C(CCl)N(c1ccc(F)cc1)c1ccc(F)cc1.O=C(Cl)CCl. The third-order valence-electron chi connectivity index (χ3n) is 4.87. The highest BCUT2D eigenvalue weighted by molar-refractivity contribution is 6.67. The molecule has 0 aliphatic carbocycles. The van der Waals surface area contributed by atoms with Crippen LogP contribution in [0, 0.1) is 23.3 Å². The second-order valence-electron chi connectivity index (χ2n) is 7.73. The van der Waals surface area contributed by atoms with Crippen molar-refractivity contribution in [1.29, 1.82) is 0 Å². The van der Waals surface area contributed by atoms with Gasteiger partial charge in [-0.25, -0.2) is 17.6 Å². The Bertz CT molecular complexity index is 1230. The zero-order chi connectivity index (χ0) is 28.8. The molecular weight excluding hydrogens is 577 g/mol. The lowest BCUT2D eigenvalue weighted by Gasteiger charge is -2.22. The second-order valence-corrected chi connectivity index (χ2v) is 8.69. The van der Waals surface area contributed by atoms with Gasteiger partial charge in [-0.3, -0.25) is 14.5 Å². The summed E-state index contributed by atoms with van der Waals surface area (Å²) in [5.41, 5.74) is 2.98. The molecule has 0 fully saturated rings. The van der Waals surface area contributed by atoms with Gasteiger partial charge in [0.05, 0.1) is 5.88 Å². The fraction of sp³-hybridized carbons (Fsp3) is 0.103. The minimum absolute atomic E-state index is 0.0957. The molecule has 0 radical (unpaired) electrons. The van der Waals surface area contributed by atoms with Crippen molar-refractivity contribution < 1.29 is 27.2 Å². The van der Waals surface area contributed by atoms with Gasteiger partial charge in [0, 0.05) is 11.4 Å². The minimum Gasteiger partial charge on any atom is -0.280 e. The standard InChI is InChI=1S/C14H10ClF2NO.C13H10F2.C2H2Cl2O/c15-9-14(19)18(12-5-1-10(16)2-6-12)13-7-3-11(17)4-8-13;14-12-5-1-10(2-6-12)9-11-3-7-13(15)8-4-11;3-1-2(4)5/h1-8H,9H2;1-8H,9H2;1H2. The molecule has 4 aromatic rings. The van der Waals surface area contributed by atoms with Crippen molar-refractivity contribution in [2.45, 2.75) is 6.42 Å². The maximum atomic E-state index is 12.9. The number of carbonyl (C=O) groups excluding carboxylic acids is 2. The van der Waals surface area contributed by atoms with E-state index in [1.807, 2.05) is 0 Å². The highest BCUT2D eigenvalue weighted by atomic mass is 35.5. The topological polar surface area (TPSA) is 37.4 Å². The second kappa shape index (κ2) is 16.5. The predicted molar refractivity (Wildman–Crippen MR) is 148 cm³/mol. The predicted octanol–water partition coefficient (Wildman–Crippen LogP) is 8.41. The summed E-state index contributed by atoms with van der Waals surface area (Å²) >= 11 is 15.1. The number of hydrogen-bond acceptors (Lipinski definition) is 2. The van der Waals surface area contributed by atoms with Gasteiger partial charge in [0.15, 0.2) is 0 Å². The van der Waals surface area contributed by atoms with Gasteiger partial charge in [-0.05, 0) is 102 Å². The number of amides is 1. The van der Waals surface area contributed by atoms with E-state index in [9.17, 15) is 27.2 Å². The van der Waals surface area contributed by atoms with Crippen LogP contribution in [0.5, 0.6) is 0 Å². The Balaban J connectivity index is 0.000000238. The fourth-order valence-corrected chi connectivity index (χ4v) is 3.24. The first-order valence-electron chi connectivity index (χ1n) is 11.3. The average Bonchev–Trinajstić information content (AvgIpc) is 2.94. The summed E-state index contributed by atoms with van der Waals surface area (Å²) in [6.45, 7) is 0. The van der Waals surface area contributed by atoms with Crippen molar-refractivity contribution >= 4 is 57.3 Å². The molecule has 4 rings (SSSR count). The van der Waals surface area contributed by atoms with Crippen molar-refractivity contribution in [3.8, 4) is 0 Å². The summed E-state index contributed by atoms with van der Waals surface area (Å²) in [4.78, 5) is 22.6. The number of anilines is 2. The van der Waals surface area contributed by atoms with Crippen LogP contribution >= 0.6 is 34.8 Å². The molecule has 0 spiro atoms. The highest BCUT2D eigenvalue weighted by Crippen LogP contribution is 2.26. The maximum Gasteiger partial charge on any atom is 0.246 e. The van der Waals surface area contributed by atoms with E-state index in [0.717, 1.165) is 11.1 Å². The van der Waals surface area contributed by atoms with E-state index in [2.05, 4.69) is 0 Å². The van der Waals surface area contributed by atoms with Crippen LogP contribution in [0.2, 0.25) is 0 Å². The van der Waals surface area contributed by atoms with E-state index in [0.29, 0.717) is 17.8 Å². The number of carbonyl (C=O) groups is 2. The molecular formula is C29H22Cl3F4NO2. The van der Waals surface area contributed by atoms with Crippen LogP contribution in [0.1, 0.15) is 11.1 Å². The molecule has 0 bridgehead atoms. The van der Waals surface area contributed by atoms with E-state index >= 15 is 0 Å². The van der Waals surface area contributed by atoms with Gasteiger partial charge in [0.25, 0.3) is 0 Å². The van der Waals surface area contributed by atoms with Crippen molar-refractivity contribution in [1.82, 2.24) is 0 Å². The van der Waals surface area contributed by atoms with Gasteiger partial charge in [-0.2, -0.15) is 0 Å². The minimum atomic E-state index is -0.508. The Morgan fingerprint density at radius 1 is 0.538 bits per heavy atom. The van der Waals surface area contributed by atoms with Crippen molar-refractivity contribution in [2.75, 3.05) is 16.7 Å². The van der Waals surface area contributed by atoms with Gasteiger partial charge in [0.1, 0.15) is 29.1 Å². The molecule has 39 heavy (non-hydrogen) atoms. The molecule has 0 atom stereocenters. The van der Waals surface area contributed by atoms with E-state index in [1.54, 1.807) is 24.3 Å². The number of hydrogen-bond donors (Lipinski definition) is 0. The molecule has 0 saturated carbocycles. The molecule has 10 heteroatoms. The van der Waals surface area contributed by atoms with Crippen LogP contribution in [0.4, 0.5) is 28.9 Å². The molecule has 0 aromatic heterocycles. The Hall–Kier alpha value is -3.39. The molecule has 0 heterocycles. The van der Waals surface area contributed by atoms with Crippen LogP contribution in [0.15, 0.2) is 97.1 Å². The Labute approximate surface area is 238 Å². The average molecular weight is 599 g/mol. The third kappa shape index (κ3) is 11.5. The van der Waals surface area contributed by atoms with E-state index in [4.69, 9.17) is 34.8 Å². The number of alkyl halides is 2. The maximum absolute atomic E-state index is 12.9. The molecule has 0 unspecified atom stereocenters. The summed E-state index contributed by atoms with van der Waals surface area (Å²) in [5.74, 6) is -1.98. The highest BCUT2D eigenvalue weighted by Gasteiger charge is 2.17. The summed E-state index contributed by atoms with van der Waals surface area (Å²) in [6, 6.07) is 23.5. The summed E-state index contributed by atoms with van der Waals surface area (Å²) < 4.78 is 51.1. The Morgan fingerprint density at radius 2 is 0.821 bits per heavy atom. The summed E-state index contributed by atoms with van der Waals surface area (Å²) in [6.07, 6.45) is 0.695. The first kappa shape index (κ1) is 31.8. The van der Waals surface area contributed by atoms with E-state index in [1.165, 1.54) is 77.7 Å². The first-order chi connectivity index (χ1) is 18.6. The van der Waals surface area contributed by atoms with Gasteiger partial charge < -0.3 is 0 Å². The molecule has 4 aromatic carbocycles. The van der Waals surface area contributed by atoms with Crippen molar-refractivity contribution in [3.05, 3.63) is 131 Å². The van der Waals surface area contributed by atoms with Gasteiger partial charge >= 0.3 is 0 Å². The number of benzene rings is 4. The quantitative estimate of drug-likeness (QED) is 0.127. The lowest BCUT2D eigenvalue weighted by Crippen LogP contribution is -2.26.